The smallest absolute Gasteiger partial charge is 0.230 e. The van der Waals surface area contributed by atoms with Crippen LogP contribution in [0.15, 0.2) is 47.5 Å². The van der Waals surface area contributed by atoms with E-state index < -0.39 is 0 Å². The van der Waals surface area contributed by atoms with E-state index in [-0.39, 0.29) is 6.17 Å². The first-order valence-corrected chi connectivity index (χ1v) is 10.2. The normalized spacial score (nSPS) is 19.0. The Bertz CT molecular complexity index is 1130. The molecular weight excluding hydrogens is 364 g/mol. The fourth-order valence-corrected chi connectivity index (χ4v) is 4.14. The highest BCUT2D eigenvalue weighted by molar-refractivity contribution is 6.09. The standard InChI is InChI=1S/C22H26N6O/c1-5-25-7-8-27(14-25)20-12-17(28-10-9-26(6-2)16(28)4)11-18-19-13-23-15(3)24-22(19)29-21(18)20/h7-13,16H,5-6,14H2,1-4H3/t16-/m1/s1. The summed E-state index contributed by atoms with van der Waals surface area (Å²) >= 11 is 0. The molecule has 0 fully saturated rings. The third-order valence-corrected chi connectivity index (χ3v) is 5.89. The van der Waals surface area contributed by atoms with Crippen molar-refractivity contribution in [2.75, 3.05) is 29.6 Å². The Morgan fingerprint density at radius 1 is 1.07 bits per heavy atom. The highest BCUT2D eigenvalue weighted by atomic mass is 16.3. The molecule has 7 nitrogen and oxygen atoms in total. The van der Waals surface area contributed by atoms with Crippen molar-refractivity contribution in [3.8, 4) is 0 Å². The van der Waals surface area contributed by atoms with Gasteiger partial charge in [0.25, 0.3) is 0 Å². The molecule has 0 unspecified atom stereocenters. The van der Waals surface area contributed by atoms with E-state index in [1.54, 1.807) is 0 Å². The van der Waals surface area contributed by atoms with Crippen LogP contribution in [-0.4, -0.2) is 45.7 Å². The number of aromatic nitrogens is 2. The Hall–Kier alpha value is -3.22. The predicted octanol–water partition coefficient (Wildman–Crippen LogP) is 4.21. The van der Waals surface area contributed by atoms with Crippen molar-refractivity contribution in [2.45, 2.75) is 33.9 Å². The van der Waals surface area contributed by atoms with E-state index in [0.717, 1.165) is 47.5 Å². The average molecular weight is 390 g/mol. The van der Waals surface area contributed by atoms with Gasteiger partial charge in [0, 0.05) is 55.2 Å². The summed E-state index contributed by atoms with van der Waals surface area (Å²) in [4.78, 5) is 18.0. The third-order valence-electron chi connectivity index (χ3n) is 5.89. The maximum Gasteiger partial charge on any atom is 0.230 e. The minimum atomic E-state index is 0.267. The lowest BCUT2D eigenvalue weighted by Gasteiger charge is -2.30. The maximum atomic E-state index is 6.24. The zero-order valence-corrected chi connectivity index (χ0v) is 17.3. The fourth-order valence-electron chi connectivity index (χ4n) is 4.14. The molecule has 0 amide bonds. The van der Waals surface area contributed by atoms with Gasteiger partial charge in [-0.15, -0.1) is 0 Å². The van der Waals surface area contributed by atoms with Crippen LogP contribution in [0.3, 0.4) is 0 Å². The van der Waals surface area contributed by atoms with Crippen LogP contribution in [0.2, 0.25) is 0 Å². The molecule has 150 valence electrons. The second kappa shape index (κ2) is 6.69. The Morgan fingerprint density at radius 2 is 1.93 bits per heavy atom. The molecule has 1 aromatic carbocycles. The van der Waals surface area contributed by atoms with Crippen molar-refractivity contribution in [2.24, 2.45) is 0 Å². The molecule has 2 aromatic heterocycles. The van der Waals surface area contributed by atoms with Crippen molar-refractivity contribution in [3.05, 3.63) is 49.0 Å². The molecule has 29 heavy (non-hydrogen) atoms. The molecule has 0 saturated carbocycles. The summed E-state index contributed by atoms with van der Waals surface area (Å²) in [6.45, 7) is 11.2. The lowest BCUT2D eigenvalue weighted by molar-refractivity contribution is 0.335. The molecule has 0 saturated heterocycles. The molecule has 0 N–H and O–H groups in total. The van der Waals surface area contributed by atoms with Gasteiger partial charge in [0.05, 0.1) is 17.7 Å². The third kappa shape index (κ3) is 2.80. The molecule has 5 rings (SSSR count). The first kappa shape index (κ1) is 17.8. The van der Waals surface area contributed by atoms with Crippen LogP contribution in [0, 0.1) is 6.92 Å². The Morgan fingerprint density at radius 3 is 2.66 bits per heavy atom. The molecule has 2 aliphatic heterocycles. The van der Waals surface area contributed by atoms with E-state index in [0.29, 0.717) is 11.5 Å². The number of fused-ring (bicyclic) bond motifs is 3. The summed E-state index contributed by atoms with van der Waals surface area (Å²) in [6, 6.07) is 4.41. The van der Waals surface area contributed by atoms with Crippen LogP contribution in [-0.2, 0) is 0 Å². The maximum absolute atomic E-state index is 6.24. The highest BCUT2D eigenvalue weighted by Gasteiger charge is 2.26. The van der Waals surface area contributed by atoms with E-state index >= 15 is 0 Å². The summed E-state index contributed by atoms with van der Waals surface area (Å²) in [6.07, 6.45) is 10.7. The summed E-state index contributed by atoms with van der Waals surface area (Å²) in [5.41, 5.74) is 3.69. The second-order valence-electron chi connectivity index (χ2n) is 7.56. The van der Waals surface area contributed by atoms with Gasteiger partial charge in [-0.1, -0.05) is 0 Å². The van der Waals surface area contributed by atoms with E-state index in [1.165, 1.54) is 0 Å². The summed E-state index contributed by atoms with van der Waals surface area (Å²) < 4.78 is 6.24. The van der Waals surface area contributed by atoms with Crippen LogP contribution in [0.25, 0.3) is 22.1 Å². The molecule has 1 atom stereocenters. The number of rotatable bonds is 4. The zero-order chi connectivity index (χ0) is 20.1. The van der Waals surface area contributed by atoms with Gasteiger partial charge in [-0.25, -0.2) is 4.98 Å². The number of hydrogen-bond acceptors (Lipinski definition) is 7. The lowest BCUT2D eigenvalue weighted by atomic mass is 10.1. The van der Waals surface area contributed by atoms with Crippen LogP contribution in [0.1, 0.15) is 26.6 Å². The van der Waals surface area contributed by atoms with E-state index in [4.69, 9.17) is 4.42 Å². The van der Waals surface area contributed by atoms with Crippen molar-refractivity contribution in [3.63, 3.8) is 0 Å². The molecule has 7 heteroatoms. The van der Waals surface area contributed by atoms with Crippen molar-refractivity contribution < 1.29 is 4.42 Å². The first-order chi connectivity index (χ1) is 14.1. The topological polar surface area (TPSA) is 51.9 Å². The Balaban J connectivity index is 1.70. The lowest BCUT2D eigenvalue weighted by Crippen LogP contribution is -2.35. The zero-order valence-electron chi connectivity index (χ0n) is 17.3. The van der Waals surface area contributed by atoms with Crippen molar-refractivity contribution in [1.82, 2.24) is 19.8 Å². The second-order valence-corrected chi connectivity index (χ2v) is 7.56. The highest BCUT2D eigenvalue weighted by Crippen LogP contribution is 2.40. The van der Waals surface area contributed by atoms with Crippen LogP contribution in [0.5, 0.6) is 0 Å². The summed E-state index contributed by atoms with van der Waals surface area (Å²) in [5, 5.41) is 2.00. The monoisotopic (exact) mass is 390 g/mol. The molecule has 0 bridgehead atoms. The SMILES string of the molecule is CCN1C=CN(c2cc(N3C=CN(CC)[C@H]3C)cc3c2oc2nc(C)ncc23)C1. The van der Waals surface area contributed by atoms with Gasteiger partial charge in [-0.05, 0) is 39.8 Å². The summed E-state index contributed by atoms with van der Waals surface area (Å²) in [5.74, 6) is 0.714. The number of benzene rings is 1. The number of anilines is 2. The first-order valence-electron chi connectivity index (χ1n) is 10.2. The molecule has 0 aliphatic carbocycles. The molecule has 2 aliphatic rings. The van der Waals surface area contributed by atoms with Gasteiger partial charge in [-0.3, -0.25) is 0 Å². The number of nitrogens with zero attached hydrogens (tertiary/aromatic N) is 6. The minimum Gasteiger partial charge on any atom is -0.435 e. The van der Waals surface area contributed by atoms with E-state index in [9.17, 15) is 0 Å². The largest absolute Gasteiger partial charge is 0.435 e. The van der Waals surface area contributed by atoms with Crippen LogP contribution in [0.4, 0.5) is 11.4 Å². The van der Waals surface area contributed by atoms with Gasteiger partial charge in [-0.2, -0.15) is 4.98 Å². The number of furan rings is 1. The predicted molar refractivity (Wildman–Crippen MR) is 116 cm³/mol. The number of aryl methyl sites for hydroxylation is 1. The average Bonchev–Trinajstić information content (AvgIpc) is 3.43. The van der Waals surface area contributed by atoms with E-state index in [1.807, 2.05) is 13.1 Å². The van der Waals surface area contributed by atoms with Crippen LogP contribution >= 0.6 is 0 Å². The molecular formula is C22H26N6O. The van der Waals surface area contributed by atoms with Crippen molar-refractivity contribution >= 4 is 33.4 Å². The molecule has 3 aromatic rings. The summed E-state index contributed by atoms with van der Waals surface area (Å²) in [7, 11) is 0. The Kier molecular flexibility index (Phi) is 4.12. The Labute approximate surface area is 170 Å². The van der Waals surface area contributed by atoms with Crippen molar-refractivity contribution in [1.29, 1.82) is 0 Å². The fraction of sp³-hybridized carbons (Fsp3) is 0.364. The molecule has 4 heterocycles. The van der Waals surface area contributed by atoms with Gasteiger partial charge >= 0.3 is 0 Å². The minimum absolute atomic E-state index is 0.267. The molecule has 0 spiro atoms. The van der Waals surface area contributed by atoms with Gasteiger partial charge < -0.3 is 24.0 Å². The van der Waals surface area contributed by atoms with E-state index in [2.05, 4.69) is 87.3 Å². The van der Waals surface area contributed by atoms with Gasteiger partial charge in [0.2, 0.25) is 5.71 Å². The molecule has 0 radical (unpaired) electrons. The van der Waals surface area contributed by atoms with Gasteiger partial charge in [0.15, 0.2) is 5.58 Å². The number of hydrogen-bond donors (Lipinski definition) is 0. The quantitative estimate of drug-likeness (QED) is 0.661. The van der Waals surface area contributed by atoms with Gasteiger partial charge in [0.1, 0.15) is 12.0 Å². The van der Waals surface area contributed by atoms with Crippen LogP contribution < -0.4 is 9.80 Å².